The van der Waals surface area contributed by atoms with Gasteiger partial charge in [-0.1, -0.05) is 43.3 Å². The molecular weight excluding hydrogens is 551 g/mol. The summed E-state index contributed by atoms with van der Waals surface area (Å²) in [6, 6.07) is 12.8. The van der Waals surface area contributed by atoms with E-state index in [0.717, 1.165) is 10.8 Å². The summed E-state index contributed by atoms with van der Waals surface area (Å²) >= 11 is 5.95. The molecule has 212 valence electrons. The molecule has 3 N–H and O–H groups in total. The molecule has 40 heavy (non-hydrogen) atoms. The number of nitrogens with two attached hydrogens (primary N) is 1. The third-order valence-corrected chi connectivity index (χ3v) is 9.06. The minimum atomic E-state index is -3.25. The highest BCUT2D eigenvalue weighted by Crippen LogP contribution is 2.48. The number of anilines is 1. The number of rotatable bonds is 10. The predicted octanol–water partition coefficient (Wildman–Crippen LogP) is 4.74. The highest BCUT2D eigenvalue weighted by atomic mass is 32.5. The molecule has 2 unspecified atom stereocenters. The zero-order valence-electron chi connectivity index (χ0n) is 22.8. The van der Waals surface area contributed by atoms with Crippen molar-refractivity contribution in [3.63, 3.8) is 0 Å². The summed E-state index contributed by atoms with van der Waals surface area (Å²) in [5.41, 5.74) is 7.10. The Balaban J connectivity index is 1.35. The van der Waals surface area contributed by atoms with Gasteiger partial charge in [-0.15, -0.1) is 0 Å². The number of carbonyl (C=O) groups is 1. The van der Waals surface area contributed by atoms with Crippen LogP contribution in [0.4, 0.5) is 5.82 Å². The van der Waals surface area contributed by atoms with Crippen LogP contribution in [0.2, 0.25) is 0 Å². The first-order valence-corrected chi connectivity index (χ1v) is 15.8. The molecule has 2 aromatic heterocycles. The first-order chi connectivity index (χ1) is 19.1. The predicted molar refractivity (Wildman–Crippen MR) is 156 cm³/mol. The number of nitrogens with one attached hydrogen (secondary N) is 1. The van der Waals surface area contributed by atoms with Gasteiger partial charge in [0.25, 0.3) is 0 Å². The van der Waals surface area contributed by atoms with Gasteiger partial charge < -0.3 is 24.3 Å². The van der Waals surface area contributed by atoms with Crippen molar-refractivity contribution in [1.29, 1.82) is 0 Å². The number of hydrogen-bond acceptors (Lipinski definition) is 10. The highest BCUT2D eigenvalue weighted by Gasteiger charge is 2.37. The number of esters is 1. The van der Waals surface area contributed by atoms with Crippen LogP contribution < -0.4 is 15.3 Å². The fraction of sp³-hybridized carbons (Fsp3) is 0.407. The number of benzene rings is 2. The topological polar surface area (TPSA) is 136 Å². The fourth-order valence-corrected chi connectivity index (χ4v) is 7.16. The van der Waals surface area contributed by atoms with Crippen molar-refractivity contribution in [3.05, 3.63) is 55.1 Å². The van der Waals surface area contributed by atoms with Crippen LogP contribution in [0.3, 0.4) is 0 Å². The number of imidazole rings is 1. The smallest absolute Gasteiger partial charge is 0.323 e. The average molecular weight is 585 g/mol. The van der Waals surface area contributed by atoms with Crippen molar-refractivity contribution in [2.75, 3.05) is 12.3 Å². The molecule has 0 amide bonds. The summed E-state index contributed by atoms with van der Waals surface area (Å²) in [6.07, 6.45) is 2.91. The third kappa shape index (κ3) is 6.11. The molecule has 0 spiro atoms. The summed E-state index contributed by atoms with van der Waals surface area (Å²) in [6.45, 7) is 4.27. The number of ether oxygens (including phenoxy) is 2. The van der Waals surface area contributed by atoms with E-state index in [1.54, 1.807) is 27.1 Å². The van der Waals surface area contributed by atoms with Crippen molar-refractivity contribution in [2.24, 2.45) is 5.92 Å². The van der Waals surface area contributed by atoms with Crippen LogP contribution in [-0.4, -0.2) is 50.3 Å². The lowest BCUT2D eigenvalue weighted by Gasteiger charge is -2.28. The molecule has 1 saturated heterocycles. The second-order valence-electron chi connectivity index (χ2n) is 10.1. The van der Waals surface area contributed by atoms with Crippen LogP contribution in [-0.2, 0) is 30.6 Å². The molecule has 0 bridgehead atoms. The van der Waals surface area contributed by atoms with Crippen LogP contribution in [0.5, 0.6) is 5.75 Å². The van der Waals surface area contributed by atoms with E-state index >= 15 is 0 Å². The van der Waals surface area contributed by atoms with Crippen LogP contribution >= 0.6 is 6.64 Å². The number of fused-ring (bicyclic) bond motifs is 2. The molecule has 1 aliphatic rings. The Morgan fingerprint density at radius 1 is 1.20 bits per heavy atom. The molecule has 5 rings (SSSR count). The lowest BCUT2D eigenvalue weighted by atomic mass is 10.1. The monoisotopic (exact) mass is 584 g/mol. The lowest BCUT2D eigenvalue weighted by Crippen LogP contribution is -2.36. The Morgan fingerprint density at radius 2 is 1.98 bits per heavy atom. The summed E-state index contributed by atoms with van der Waals surface area (Å²) in [4.78, 5) is 25.3. The second kappa shape index (κ2) is 11.8. The molecule has 4 aromatic rings. The van der Waals surface area contributed by atoms with Gasteiger partial charge in [0.1, 0.15) is 29.9 Å². The average Bonchev–Trinajstić information content (AvgIpc) is 3.51. The van der Waals surface area contributed by atoms with Gasteiger partial charge in [-0.2, -0.15) is 0 Å². The quantitative estimate of drug-likeness (QED) is 0.198. The second-order valence-corrected chi connectivity index (χ2v) is 13.3. The van der Waals surface area contributed by atoms with Gasteiger partial charge in [0.15, 0.2) is 11.5 Å². The summed E-state index contributed by atoms with van der Waals surface area (Å²) in [7, 11) is 0. The first kappa shape index (κ1) is 28.4. The summed E-state index contributed by atoms with van der Waals surface area (Å²) < 4.78 is 26.3. The van der Waals surface area contributed by atoms with Gasteiger partial charge in [0.2, 0.25) is 0 Å². The largest absolute Gasteiger partial charge is 0.462 e. The normalized spacial score (nSPS) is 21.5. The Morgan fingerprint density at radius 3 is 2.77 bits per heavy atom. The standard InChI is InChI=1S/C27H33N6O5PS/c1-16(2)36-27(34)18(4)32-39(40,38-22-11-7-9-19-8-5-6-10-21(19)22)35-13-20-12-17(3)26(37-20)33-15-31-23-24(28)29-14-30-25(23)33/h5-11,14-18,20,26H,12-13H2,1-4H3,(H,32,40)(H2,28,29,30)/t17-,18?,20-,26+,39?/m0/s1. The lowest BCUT2D eigenvalue weighted by molar-refractivity contribution is -0.149. The van der Waals surface area contributed by atoms with Crippen molar-refractivity contribution >= 4 is 52.2 Å². The molecule has 2 aromatic carbocycles. The van der Waals surface area contributed by atoms with Crippen molar-refractivity contribution in [3.8, 4) is 5.75 Å². The Bertz CT molecular complexity index is 1560. The SMILES string of the molecule is CC(C)OC(=O)C(C)NP(=S)(OC[C@@H]1C[C@H](C)[C@H](n2cnc3c(N)ncnc32)O1)Oc1cccc2ccccc12. The molecule has 1 fully saturated rings. The molecule has 1 aliphatic heterocycles. The molecule has 0 radical (unpaired) electrons. The van der Waals surface area contributed by atoms with Gasteiger partial charge in [0, 0.05) is 11.3 Å². The van der Waals surface area contributed by atoms with Crippen molar-refractivity contribution in [1.82, 2.24) is 24.6 Å². The van der Waals surface area contributed by atoms with Gasteiger partial charge in [0.05, 0.1) is 25.1 Å². The van der Waals surface area contributed by atoms with Gasteiger partial charge in [-0.25, -0.2) is 20.0 Å². The van der Waals surface area contributed by atoms with Crippen LogP contribution in [0.25, 0.3) is 21.9 Å². The van der Waals surface area contributed by atoms with Crippen LogP contribution in [0.15, 0.2) is 55.1 Å². The summed E-state index contributed by atoms with van der Waals surface area (Å²) in [5, 5.41) is 5.01. The molecule has 13 heteroatoms. The Labute approximate surface area is 237 Å². The third-order valence-electron chi connectivity index (χ3n) is 6.57. The van der Waals surface area contributed by atoms with Crippen molar-refractivity contribution in [2.45, 2.75) is 58.6 Å². The van der Waals surface area contributed by atoms with E-state index < -0.39 is 18.7 Å². The highest BCUT2D eigenvalue weighted by molar-refractivity contribution is 8.09. The van der Waals surface area contributed by atoms with Crippen LogP contribution in [0.1, 0.15) is 40.3 Å². The number of hydrogen-bond donors (Lipinski definition) is 2. The number of nitrogen functional groups attached to an aromatic ring is 1. The van der Waals surface area contributed by atoms with E-state index in [-0.39, 0.29) is 31.0 Å². The molecule has 0 aliphatic carbocycles. The zero-order valence-corrected chi connectivity index (χ0v) is 24.5. The van der Waals surface area contributed by atoms with E-state index in [1.807, 2.05) is 47.0 Å². The Hall–Kier alpha value is -3.15. The maximum atomic E-state index is 12.6. The first-order valence-electron chi connectivity index (χ1n) is 13.1. The van der Waals surface area contributed by atoms with E-state index in [2.05, 4.69) is 27.0 Å². The molecule has 0 saturated carbocycles. The van der Waals surface area contributed by atoms with E-state index in [4.69, 9.17) is 36.1 Å². The fourth-order valence-electron chi connectivity index (χ4n) is 4.72. The van der Waals surface area contributed by atoms with Gasteiger partial charge in [-0.3, -0.25) is 9.36 Å². The minimum absolute atomic E-state index is 0.131. The number of carbonyl (C=O) groups excluding carboxylic acids is 1. The van der Waals surface area contributed by atoms with Gasteiger partial charge in [-0.05, 0) is 50.5 Å². The molecule has 11 nitrogen and oxygen atoms in total. The van der Waals surface area contributed by atoms with Crippen molar-refractivity contribution < 1.29 is 23.3 Å². The van der Waals surface area contributed by atoms with E-state index in [1.165, 1.54) is 6.33 Å². The number of aromatic nitrogens is 4. The van der Waals surface area contributed by atoms with Gasteiger partial charge >= 0.3 is 12.6 Å². The molecule has 5 atom stereocenters. The molecule has 3 heterocycles. The van der Waals surface area contributed by atoms with Crippen LogP contribution in [0, 0.1) is 5.92 Å². The Kier molecular flexibility index (Phi) is 8.34. The minimum Gasteiger partial charge on any atom is -0.462 e. The van der Waals surface area contributed by atoms with E-state index in [0.29, 0.717) is 29.2 Å². The maximum absolute atomic E-state index is 12.6. The molecular formula is C27H33N6O5PS. The summed E-state index contributed by atoms with van der Waals surface area (Å²) in [5.74, 6) is 0.580. The maximum Gasteiger partial charge on any atom is 0.323 e. The number of nitrogens with zero attached hydrogens (tertiary/aromatic N) is 4. The van der Waals surface area contributed by atoms with E-state index in [9.17, 15) is 4.79 Å². The zero-order chi connectivity index (χ0) is 28.4.